The van der Waals surface area contributed by atoms with E-state index in [9.17, 15) is 0 Å². The number of thiophene rings is 2. The summed E-state index contributed by atoms with van der Waals surface area (Å²) in [6.07, 6.45) is 2.15. The summed E-state index contributed by atoms with van der Waals surface area (Å²) >= 11 is 11.7. The molecule has 2 aromatic heterocycles. The zero-order valence-electron chi connectivity index (χ0n) is 18.7. The molecule has 6 rings (SSSR count). The van der Waals surface area contributed by atoms with Gasteiger partial charge in [-0.2, -0.15) is 5.26 Å². The molecular formula is C23H27NO2S6. The van der Waals surface area contributed by atoms with Crippen LogP contribution < -0.4 is 9.47 Å². The van der Waals surface area contributed by atoms with Crippen LogP contribution in [0.25, 0.3) is 0 Å². The summed E-state index contributed by atoms with van der Waals surface area (Å²) in [7, 11) is 0. The second kappa shape index (κ2) is 8.53. The number of hydrogen-bond acceptors (Lipinski definition) is 9. The van der Waals surface area contributed by atoms with Gasteiger partial charge in [0.2, 0.25) is 0 Å². The SMILES string of the molecule is CC1(C)CC2(SCCS2)c2sc(C#N)cc2O1.CC1(C)CC2(SCCS2)c2sccc2O1. The molecular weight excluding hydrogens is 515 g/mol. The number of rotatable bonds is 0. The average Bonchev–Trinajstić information content (AvgIpc) is 3.47. The largest absolute Gasteiger partial charge is 0.487 e. The van der Waals surface area contributed by atoms with Gasteiger partial charge in [0.05, 0.1) is 9.75 Å². The van der Waals surface area contributed by atoms with Crippen LogP contribution in [-0.4, -0.2) is 34.2 Å². The maximum absolute atomic E-state index is 9.04. The second-order valence-corrected chi connectivity index (χ2v) is 17.6. The van der Waals surface area contributed by atoms with Crippen molar-refractivity contribution < 1.29 is 9.47 Å². The van der Waals surface area contributed by atoms with Crippen LogP contribution in [0.3, 0.4) is 0 Å². The molecule has 32 heavy (non-hydrogen) atoms. The van der Waals surface area contributed by atoms with Crippen molar-refractivity contribution >= 4 is 69.7 Å². The first-order valence-electron chi connectivity index (χ1n) is 10.7. The Hall–Kier alpha value is -0.110. The summed E-state index contributed by atoms with van der Waals surface area (Å²) in [5.41, 5.74) is -0.149. The van der Waals surface area contributed by atoms with Crippen molar-refractivity contribution in [3.05, 3.63) is 32.1 Å². The van der Waals surface area contributed by atoms with Crippen molar-refractivity contribution in [2.24, 2.45) is 0 Å². The van der Waals surface area contributed by atoms with Crippen LogP contribution >= 0.6 is 69.7 Å². The van der Waals surface area contributed by atoms with Crippen molar-refractivity contribution in [1.82, 2.24) is 0 Å². The van der Waals surface area contributed by atoms with E-state index in [1.807, 2.05) is 40.9 Å². The topological polar surface area (TPSA) is 42.2 Å². The molecule has 0 aliphatic carbocycles. The van der Waals surface area contributed by atoms with Gasteiger partial charge in [-0.3, -0.25) is 0 Å². The fourth-order valence-corrected chi connectivity index (χ4v) is 14.7. The van der Waals surface area contributed by atoms with Gasteiger partial charge in [-0.15, -0.1) is 69.7 Å². The van der Waals surface area contributed by atoms with E-state index >= 15 is 0 Å². The Kier molecular flexibility index (Phi) is 6.29. The third kappa shape index (κ3) is 4.33. The molecule has 0 amide bonds. The lowest BCUT2D eigenvalue weighted by atomic mass is 9.98. The molecule has 4 aliphatic heterocycles. The molecule has 0 unspecified atom stereocenters. The average molecular weight is 542 g/mol. The molecule has 0 N–H and O–H groups in total. The molecule has 3 nitrogen and oxygen atoms in total. The zero-order valence-corrected chi connectivity index (χ0v) is 23.6. The van der Waals surface area contributed by atoms with Crippen LogP contribution in [0.15, 0.2) is 17.5 Å². The predicted molar refractivity (Wildman–Crippen MR) is 145 cm³/mol. The monoisotopic (exact) mass is 541 g/mol. The normalized spacial score (nSPS) is 25.1. The third-order valence-electron chi connectivity index (χ3n) is 5.73. The number of nitrogens with zero attached hydrogens (tertiary/aromatic N) is 1. The lowest BCUT2D eigenvalue weighted by Gasteiger charge is -2.41. The Balaban J connectivity index is 0.000000136. The maximum Gasteiger partial charge on any atom is 0.137 e. The van der Waals surface area contributed by atoms with Crippen LogP contribution in [0.5, 0.6) is 11.5 Å². The van der Waals surface area contributed by atoms with Crippen LogP contribution in [0.1, 0.15) is 55.2 Å². The standard InChI is InChI=1S/C12H13NOS3.C11H14OS3/c1-11(2)7-12(15-3-4-16-12)10-9(14-11)5-8(6-13)17-10;1-10(2)7-11(14-5-6-15-11)9-8(12-10)3-4-13-9/h5H,3-4,7H2,1-2H3;3-4H,5-7H2,1-2H3. The molecule has 0 atom stereocenters. The molecule has 2 saturated heterocycles. The molecule has 2 fully saturated rings. The van der Waals surface area contributed by atoms with E-state index < -0.39 is 0 Å². The van der Waals surface area contributed by atoms with Crippen LogP contribution in [0.2, 0.25) is 0 Å². The highest BCUT2D eigenvalue weighted by molar-refractivity contribution is 8.21. The van der Waals surface area contributed by atoms with Crippen molar-refractivity contribution in [2.45, 2.75) is 59.9 Å². The van der Waals surface area contributed by atoms with Gasteiger partial charge < -0.3 is 9.47 Å². The Morgan fingerprint density at radius 1 is 0.812 bits per heavy atom. The van der Waals surface area contributed by atoms with Crippen LogP contribution in [0.4, 0.5) is 0 Å². The van der Waals surface area contributed by atoms with E-state index in [1.165, 1.54) is 32.8 Å². The number of ether oxygens (including phenoxy) is 2. The summed E-state index contributed by atoms with van der Waals surface area (Å²) in [6.45, 7) is 8.69. The molecule has 2 aromatic rings. The Bertz CT molecular complexity index is 1040. The summed E-state index contributed by atoms with van der Waals surface area (Å²) < 4.78 is 12.5. The molecule has 2 spiro atoms. The number of fused-ring (bicyclic) bond motifs is 4. The first kappa shape index (κ1) is 23.6. The highest BCUT2D eigenvalue weighted by atomic mass is 32.2. The number of hydrogen-bond donors (Lipinski definition) is 0. The fraction of sp³-hybridized carbons (Fsp3) is 0.609. The fourth-order valence-electron chi connectivity index (χ4n) is 4.75. The van der Waals surface area contributed by atoms with Gasteiger partial charge in [0.25, 0.3) is 0 Å². The third-order valence-corrected chi connectivity index (χ3v) is 15.3. The summed E-state index contributed by atoms with van der Waals surface area (Å²) in [5.74, 6) is 7.00. The van der Waals surface area contributed by atoms with E-state index in [0.29, 0.717) is 4.08 Å². The highest BCUT2D eigenvalue weighted by Crippen LogP contribution is 2.64. The molecule has 9 heteroatoms. The van der Waals surface area contributed by atoms with Gasteiger partial charge >= 0.3 is 0 Å². The smallest absolute Gasteiger partial charge is 0.137 e. The molecule has 172 valence electrons. The van der Waals surface area contributed by atoms with Crippen molar-refractivity contribution in [3.8, 4) is 17.6 Å². The quantitative estimate of drug-likeness (QED) is 0.338. The van der Waals surface area contributed by atoms with Gasteiger partial charge in [-0.25, -0.2) is 0 Å². The summed E-state index contributed by atoms with van der Waals surface area (Å²) in [4.78, 5) is 3.48. The van der Waals surface area contributed by atoms with Crippen molar-refractivity contribution in [3.63, 3.8) is 0 Å². The molecule has 6 heterocycles. The van der Waals surface area contributed by atoms with E-state index in [2.05, 4.69) is 68.7 Å². The van der Waals surface area contributed by atoms with Gasteiger partial charge in [-0.05, 0) is 39.1 Å². The first-order chi connectivity index (χ1) is 15.2. The second-order valence-electron chi connectivity index (χ2n) is 9.51. The molecule has 0 aromatic carbocycles. The van der Waals surface area contributed by atoms with E-state index in [4.69, 9.17) is 14.7 Å². The summed E-state index contributed by atoms with van der Waals surface area (Å²) in [5, 5.41) is 11.2. The minimum Gasteiger partial charge on any atom is -0.487 e. The summed E-state index contributed by atoms with van der Waals surface area (Å²) in [6, 6.07) is 6.27. The van der Waals surface area contributed by atoms with Gasteiger partial charge in [0.15, 0.2) is 0 Å². The predicted octanol–water partition coefficient (Wildman–Crippen LogP) is 7.76. The zero-order chi connectivity index (χ0) is 22.6. The molecule has 0 bridgehead atoms. The Morgan fingerprint density at radius 2 is 1.34 bits per heavy atom. The minimum absolute atomic E-state index is 0.0155. The van der Waals surface area contributed by atoms with E-state index in [0.717, 1.165) is 29.2 Å². The maximum atomic E-state index is 9.04. The van der Waals surface area contributed by atoms with Crippen LogP contribution in [-0.2, 0) is 8.16 Å². The first-order valence-corrected chi connectivity index (χ1v) is 16.4. The van der Waals surface area contributed by atoms with Crippen LogP contribution in [0, 0.1) is 11.3 Å². The number of nitriles is 1. The van der Waals surface area contributed by atoms with Gasteiger partial charge in [0.1, 0.15) is 41.8 Å². The molecule has 0 radical (unpaired) electrons. The van der Waals surface area contributed by atoms with Crippen molar-refractivity contribution in [1.29, 1.82) is 5.26 Å². The van der Waals surface area contributed by atoms with Gasteiger partial charge in [0, 0.05) is 41.9 Å². The van der Waals surface area contributed by atoms with E-state index in [-0.39, 0.29) is 15.3 Å². The lowest BCUT2D eigenvalue weighted by Crippen LogP contribution is -2.39. The Morgan fingerprint density at radius 3 is 1.91 bits per heavy atom. The van der Waals surface area contributed by atoms with Crippen molar-refractivity contribution in [2.75, 3.05) is 23.0 Å². The molecule has 4 aliphatic rings. The highest BCUT2D eigenvalue weighted by Gasteiger charge is 2.50. The Labute approximate surface area is 215 Å². The van der Waals surface area contributed by atoms with E-state index in [1.54, 1.807) is 11.3 Å². The number of thioether (sulfide) groups is 4. The minimum atomic E-state index is -0.134. The lowest BCUT2D eigenvalue weighted by molar-refractivity contribution is 0.0806. The molecule has 0 saturated carbocycles. The van der Waals surface area contributed by atoms with Gasteiger partial charge in [-0.1, -0.05) is 0 Å².